The summed E-state index contributed by atoms with van der Waals surface area (Å²) in [5, 5.41) is 4.67. The van der Waals surface area contributed by atoms with E-state index in [-0.39, 0.29) is 29.1 Å². The molecule has 0 saturated carbocycles. The Bertz CT molecular complexity index is 1560. The van der Waals surface area contributed by atoms with Crippen LogP contribution in [0.1, 0.15) is 21.2 Å². The maximum atomic E-state index is 13.7. The molecular weight excluding hydrogens is 527 g/mol. The van der Waals surface area contributed by atoms with Gasteiger partial charge in [-0.15, -0.1) is 11.3 Å². The number of nitrogens with zero attached hydrogens (tertiary/aromatic N) is 2. The third-order valence-electron chi connectivity index (χ3n) is 6.55. The van der Waals surface area contributed by atoms with Crippen molar-refractivity contribution in [1.82, 2.24) is 4.57 Å². The Balaban J connectivity index is 1.38. The van der Waals surface area contributed by atoms with Crippen molar-refractivity contribution in [2.45, 2.75) is 29.7 Å². The number of thiophene rings is 1. The Hall–Kier alpha value is -3.47. The van der Waals surface area contributed by atoms with Gasteiger partial charge in [-0.3, -0.25) is 23.7 Å². The monoisotopic (exact) mass is 547 g/mol. The summed E-state index contributed by atoms with van der Waals surface area (Å²) in [6.45, 7) is 1.79. The van der Waals surface area contributed by atoms with Gasteiger partial charge in [0.15, 0.2) is 0 Å². The lowest BCUT2D eigenvalue weighted by Crippen LogP contribution is -2.32. The van der Waals surface area contributed by atoms with Gasteiger partial charge < -0.3 is 5.32 Å². The van der Waals surface area contributed by atoms with Gasteiger partial charge in [0.05, 0.1) is 16.6 Å². The molecule has 3 amide bonds. The van der Waals surface area contributed by atoms with E-state index in [0.717, 1.165) is 26.7 Å². The molecule has 7 nitrogen and oxygen atoms in total. The van der Waals surface area contributed by atoms with E-state index in [1.54, 1.807) is 24.3 Å². The Kier molecular flexibility index (Phi) is 6.10. The molecule has 2 aliphatic rings. The Morgan fingerprint density at radius 2 is 1.70 bits per heavy atom. The zero-order valence-corrected chi connectivity index (χ0v) is 22.1. The molecule has 1 fully saturated rings. The smallest absolute Gasteiger partial charge is 0.308 e. The minimum Gasteiger partial charge on any atom is -0.325 e. The molecule has 6 rings (SSSR count). The van der Waals surface area contributed by atoms with Crippen molar-refractivity contribution in [2.75, 3.05) is 10.2 Å². The average molecular weight is 548 g/mol. The maximum Gasteiger partial charge on any atom is 0.308 e. The van der Waals surface area contributed by atoms with Gasteiger partial charge >= 0.3 is 4.87 Å². The van der Waals surface area contributed by atoms with Gasteiger partial charge in [-0.25, -0.2) is 4.90 Å². The van der Waals surface area contributed by atoms with Crippen LogP contribution in [-0.4, -0.2) is 27.5 Å². The number of amides is 3. The summed E-state index contributed by atoms with van der Waals surface area (Å²) in [7, 11) is 0. The molecule has 0 bridgehead atoms. The lowest BCUT2D eigenvalue weighted by molar-refractivity contribution is -0.122. The second kappa shape index (κ2) is 9.44. The molecule has 0 aliphatic carbocycles. The van der Waals surface area contributed by atoms with E-state index in [1.807, 2.05) is 54.8 Å². The van der Waals surface area contributed by atoms with E-state index < -0.39 is 17.1 Å². The number of thioether (sulfide) groups is 1. The number of hydrogen-bond acceptors (Lipinski definition) is 7. The minimum atomic E-state index is -0.687. The molecule has 186 valence electrons. The molecule has 0 radical (unpaired) electrons. The number of aryl methyl sites for hydroxylation is 1. The summed E-state index contributed by atoms with van der Waals surface area (Å²) in [6.07, 6.45) is 0. The third-order valence-corrected chi connectivity index (χ3v) is 10.1. The second-order valence-electron chi connectivity index (χ2n) is 8.94. The molecule has 2 aliphatic heterocycles. The number of aromatic nitrogens is 1. The summed E-state index contributed by atoms with van der Waals surface area (Å²) >= 11 is 3.78. The van der Waals surface area contributed by atoms with E-state index >= 15 is 0 Å². The molecule has 2 aromatic heterocycles. The molecule has 4 heterocycles. The lowest BCUT2D eigenvalue weighted by atomic mass is 9.87. The summed E-state index contributed by atoms with van der Waals surface area (Å²) < 4.78 is 1.44. The first-order valence-electron chi connectivity index (χ1n) is 11.7. The van der Waals surface area contributed by atoms with Crippen molar-refractivity contribution in [2.24, 2.45) is 5.92 Å². The van der Waals surface area contributed by atoms with Crippen LogP contribution in [0.3, 0.4) is 0 Å². The number of para-hydroxylation sites is 1. The van der Waals surface area contributed by atoms with Gasteiger partial charge in [-0.1, -0.05) is 65.1 Å². The number of imide groups is 1. The number of carbonyl (C=O) groups is 3. The number of thiazole rings is 1. The molecule has 0 unspecified atom stereocenters. The normalized spacial score (nSPS) is 20.6. The fourth-order valence-electron chi connectivity index (χ4n) is 4.84. The number of nitrogens with one attached hydrogen (secondary N) is 1. The van der Waals surface area contributed by atoms with E-state index in [0.29, 0.717) is 16.4 Å². The Labute approximate surface area is 224 Å². The molecule has 10 heteroatoms. The van der Waals surface area contributed by atoms with Crippen molar-refractivity contribution < 1.29 is 14.4 Å². The zero-order chi connectivity index (χ0) is 25.7. The third kappa shape index (κ3) is 4.14. The van der Waals surface area contributed by atoms with E-state index in [1.165, 1.54) is 32.6 Å². The summed E-state index contributed by atoms with van der Waals surface area (Å²) in [4.78, 5) is 56.0. The topological polar surface area (TPSA) is 88.5 Å². The van der Waals surface area contributed by atoms with Crippen LogP contribution >= 0.6 is 34.4 Å². The Morgan fingerprint density at radius 1 is 0.946 bits per heavy atom. The number of hydrogen-bond donors (Lipinski definition) is 1. The predicted octanol–water partition coefficient (Wildman–Crippen LogP) is 4.71. The quantitative estimate of drug-likeness (QED) is 0.366. The van der Waals surface area contributed by atoms with Gasteiger partial charge in [0.25, 0.3) is 0 Å². The molecule has 3 atom stereocenters. The summed E-state index contributed by atoms with van der Waals surface area (Å²) in [5.41, 5.74) is 2.26. The number of anilines is 2. The first-order chi connectivity index (χ1) is 17.9. The van der Waals surface area contributed by atoms with Crippen LogP contribution in [0.5, 0.6) is 0 Å². The largest absolute Gasteiger partial charge is 0.325 e. The van der Waals surface area contributed by atoms with Crippen LogP contribution in [0.25, 0.3) is 0 Å². The maximum absolute atomic E-state index is 13.7. The second-order valence-corrected chi connectivity index (χ2v) is 12.0. The number of benzene rings is 2. The fourth-order valence-corrected chi connectivity index (χ4v) is 8.56. The number of carbonyl (C=O) groups excluding carboxylic acids is 3. The lowest BCUT2D eigenvalue weighted by Gasteiger charge is -2.29. The fraction of sp³-hybridized carbons (Fsp3) is 0.185. The number of fused-ring (bicyclic) bond motifs is 2. The van der Waals surface area contributed by atoms with Crippen molar-refractivity contribution in [1.29, 1.82) is 0 Å². The van der Waals surface area contributed by atoms with Gasteiger partial charge in [-0.05, 0) is 42.6 Å². The van der Waals surface area contributed by atoms with Crippen LogP contribution < -0.4 is 15.1 Å². The Morgan fingerprint density at radius 3 is 2.41 bits per heavy atom. The first-order valence-corrected chi connectivity index (χ1v) is 14.2. The van der Waals surface area contributed by atoms with Gasteiger partial charge in [-0.2, -0.15) is 0 Å². The highest BCUT2D eigenvalue weighted by molar-refractivity contribution is 8.00. The van der Waals surface area contributed by atoms with E-state index in [2.05, 4.69) is 5.32 Å². The van der Waals surface area contributed by atoms with Crippen LogP contribution in [0.15, 0.2) is 81.9 Å². The van der Waals surface area contributed by atoms with Crippen LogP contribution in [0.4, 0.5) is 11.4 Å². The SMILES string of the molecule is Cc1ccc(NC(=O)Cn2c3c(sc2=O)[C@@H](c2cccs2)[C@@H]2C(=O)N(c4ccccc4)C(=O)[C@@H]2S3)cc1. The zero-order valence-electron chi connectivity index (χ0n) is 19.6. The molecular formula is C27H21N3O4S3. The molecule has 0 spiro atoms. The highest BCUT2D eigenvalue weighted by Crippen LogP contribution is 2.54. The minimum absolute atomic E-state index is 0.176. The molecule has 37 heavy (non-hydrogen) atoms. The molecule has 2 aromatic carbocycles. The van der Waals surface area contributed by atoms with Gasteiger partial charge in [0.1, 0.15) is 11.8 Å². The first kappa shape index (κ1) is 23.9. The van der Waals surface area contributed by atoms with Gasteiger partial charge in [0, 0.05) is 21.4 Å². The van der Waals surface area contributed by atoms with E-state index in [9.17, 15) is 19.2 Å². The highest BCUT2D eigenvalue weighted by Gasteiger charge is 2.57. The van der Waals surface area contributed by atoms with E-state index in [4.69, 9.17) is 0 Å². The standard InChI is InChI=1S/C27H21N3O4S3/c1-15-9-11-16(12-10-15)28-19(31)14-29-26-23(37-27(29)34)20(18-8-5-13-35-18)21-22(36-26)25(33)30(24(21)32)17-6-3-2-4-7-17/h2-13,20-22H,14H2,1H3,(H,28,31)/t20-,21-,22+/m0/s1. The van der Waals surface area contributed by atoms with Crippen LogP contribution in [-0.2, 0) is 20.9 Å². The van der Waals surface area contributed by atoms with Crippen molar-refractivity contribution in [3.8, 4) is 0 Å². The molecule has 1 saturated heterocycles. The number of rotatable bonds is 5. The van der Waals surface area contributed by atoms with Gasteiger partial charge in [0.2, 0.25) is 17.7 Å². The average Bonchev–Trinajstić information content (AvgIpc) is 3.59. The van der Waals surface area contributed by atoms with Crippen molar-refractivity contribution in [3.05, 3.63) is 97.1 Å². The summed E-state index contributed by atoms with van der Waals surface area (Å²) in [5.74, 6) is -1.95. The molecule has 4 aromatic rings. The van der Waals surface area contributed by atoms with Crippen LogP contribution in [0, 0.1) is 12.8 Å². The predicted molar refractivity (Wildman–Crippen MR) is 147 cm³/mol. The highest BCUT2D eigenvalue weighted by atomic mass is 32.2. The summed E-state index contributed by atoms with van der Waals surface area (Å²) in [6, 6.07) is 20.2. The molecule has 1 N–H and O–H groups in total. The van der Waals surface area contributed by atoms with Crippen molar-refractivity contribution >= 4 is 63.5 Å². The van der Waals surface area contributed by atoms with Crippen LogP contribution in [0.2, 0.25) is 0 Å². The van der Waals surface area contributed by atoms with Crippen molar-refractivity contribution in [3.63, 3.8) is 0 Å².